The van der Waals surface area contributed by atoms with E-state index < -0.39 is 15.8 Å². The van der Waals surface area contributed by atoms with Crippen LogP contribution in [-0.4, -0.2) is 21.3 Å². The summed E-state index contributed by atoms with van der Waals surface area (Å²) in [5.41, 5.74) is 0.494. The fraction of sp³-hybridized carbons (Fsp3) is 0.0714. The molecule has 0 aliphatic carbocycles. The molecule has 4 nitrogen and oxygen atoms in total. The van der Waals surface area contributed by atoms with Crippen molar-refractivity contribution in [3.05, 3.63) is 66.0 Å². The van der Waals surface area contributed by atoms with Crippen molar-refractivity contribution in [3.8, 4) is 0 Å². The minimum absolute atomic E-state index is 0.142. The predicted octanol–water partition coefficient (Wildman–Crippen LogP) is 2.18. The van der Waals surface area contributed by atoms with Crippen molar-refractivity contribution in [2.75, 3.05) is 7.05 Å². The van der Waals surface area contributed by atoms with Gasteiger partial charge in [-0.15, -0.1) is 0 Å². The van der Waals surface area contributed by atoms with Crippen molar-refractivity contribution in [1.29, 1.82) is 0 Å². The van der Waals surface area contributed by atoms with Crippen LogP contribution in [0.4, 0.5) is 4.39 Å². The zero-order valence-corrected chi connectivity index (χ0v) is 11.6. The standard InChI is InChI=1S/C14H13FN2O2S/c1-16-14(11-7-9-12(15)10-8-11)17-20(18,19)13-5-3-2-4-6-13/h2-10H,1H3,(H,16,17). The zero-order chi connectivity index (χ0) is 14.6. The van der Waals surface area contributed by atoms with E-state index in [0.717, 1.165) is 0 Å². The minimum Gasteiger partial charge on any atom is -0.271 e. The van der Waals surface area contributed by atoms with Gasteiger partial charge in [-0.25, -0.2) is 12.8 Å². The van der Waals surface area contributed by atoms with E-state index in [1.807, 2.05) is 0 Å². The van der Waals surface area contributed by atoms with E-state index in [4.69, 9.17) is 0 Å². The average molecular weight is 292 g/mol. The first-order chi connectivity index (χ1) is 9.53. The van der Waals surface area contributed by atoms with Gasteiger partial charge in [0.1, 0.15) is 11.7 Å². The molecule has 0 spiro atoms. The van der Waals surface area contributed by atoms with Gasteiger partial charge in [0.2, 0.25) is 0 Å². The number of benzene rings is 2. The van der Waals surface area contributed by atoms with Gasteiger partial charge in [-0.05, 0) is 36.4 Å². The van der Waals surface area contributed by atoms with Crippen molar-refractivity contribution >= 4 is 15.9 Å². The van der Waals surface area contributed by atoms with E-state index in [1.54, 1.807) is 18.2 Å². The maximum Gasteiger partial charge on any atom is 0.263 e. The molecule has 0 radical (unpaired) electrons. The van der Waals surface area contributed by atoms with Gasteiger partial charge in [-0.2, -0.15) is 0 Å². The second kappa shape index (κ2) is 5.83. The van der Waals surface area contributed by atoms with Crippen LogP contribution in [0.25, 0.3) is 0 Å². The number of nitrogens with one attached hydrogen (secondary N) is 1. The molecule has 0 atom stereocenters. The molecule has 1 N–H and O–H groups in total. The van der Waals surface area contributed by atoms with E-state index in [0.29, 0.717) is 5.56 Å². The SMILES string of the molecule is CN=C(NS(=O)(=O)c1ccccc1)c1ccc(F)cc1. The van der Waals surface area contributed by atoms with Crippen molar-refractivity contribution in [2.24, 2.45) is 4.99 Å². The lowest BCUT2D eigenvalue weighted by atomic mass is 10.2. The molecule has 0 aliphatic rings. The van der Waals surface area contributed by atoms with Gasteiger partial charge in [0.25, 0.3) is 10.0 Å². The number of amidine groups is 1. The largest absolute Gasteiger partial charge is 0.271 e. The predicted molar refractivity (Wildman–Crippen MR) is 75.6 cm³/mol. The van der Waals surface area contributed by atoms with Gasteiger partial charge >= 0.3 is 0 Å². The highest BCUT2D eigenvalue weighted by molar-refractivity contribution is 7.90. The Morgan fingerprint density at radius 3 is 2.20 bits per heavy atom. The summed E-state index contributed by atoms with van der Waals surface area (Å²) in [6.07, 6.45) is 0. The Morgan fingerprint density at radius 1 is 1.05 bits per heavy atom. The van der Waals surface area contributed by atoms with Gasteiger partial charge in [-0.3, -0.25) is 9.71 Å². The van der Waals surface area contributed by atoms with E-state index in [9.17, 15) is 12.8 Å². The van der Waals surface area contributed by atoms with Crippen LogP contribution < -0.4 is 4.72 Å². The van der Waals surface area contributed by atoms with Gasteiger partial charge in [0.15, 0.2) is 0 Å². The van der Waals surface area contributed by atoms with E-state index in [-0.39, 0.29) is 10.7 Å². The molecule has 6 heteroatoms. The second-order valence-electron chi connectivity index (χ2n) is 4.00. The van der Waals surface area contributed by atoms with Crippen LogP contribution in [0.1, 0.15) is 5.56 Å². The summed E-state index contributed by atoms with van der Waals surface area (Å²) in [5, 5.41) is 0. The Labute approximate surface area is 117 Å². The van der Waals surface area contributed by atoms with Crippen LogP contribution in [0.3, 0.4) is 0 Å². The molecule has 20 heavy (non-hydrogen) atoms. The van der Waals surface area contributed by atoms with Gasteiger partial charge < -0.3 is 0 Å². The third-order valence-corrected chi connectivity index (χ3v) is 3.98. The summed E-state index contributed by atoms with van der Waals surface area (Å²) in [4.78, 5) is 4.04. The molecule has 0 aromatic heterocycles. The Kier molecular flexibility index (Phi) is 4.14. The zero-order valence-electron chi connectivity index (χ0n) is 10.7. The normalized spacial score (nSPS) is 12.2. The summed E-state index contributed by atoms with van der Waals surface area (Å²) in [6, 6.07) is 13.4. The first-order valence-corrected chi connectivity index (χ1v) is 7.32. The number of hydrogen-bond acceptors (Lipinski definition) is 3. The van der Waals surface area contributed by atoms with Gasteiger partial charge in [0.05, 0.1) is 4.90 Å². The third kappa shape index (κ3) is 3.21. The molecular formula is C14H13FN2O2S. The summed E-state index contributed by atoms with van der Waals surface area (Å²) in [6.45, 7) is 0. The van der Waals surface area contributed by atoms with E-state index >= 15 is 0 Å². The number of sulfonamides is 1. The van der Waals surface area contributed by atoms with Crippen molar-refractivity contribution in [2.45, 2.75) is 4.90 Å². The lowest BCUT2D eigenvalue weighted by molar-refractivity contribution is 0.592. The molecule has 0 aliphatic heterocycles. The molecule has 0 saturated heterocycles. The van der Waals surface area contributed by atoms with Gasteiger partial charge in [-0.1, -0.05) is 18.2 Å². The van der Waals surface area contributed by atoms with Crippen LogP contribution >= 0.6 is 0 Å². The van der Waals surface area contributed by atoms with Crippen LogP contribution in [-0.2, 0) is 10.0 Å². The molecule has 0 bridgehead atoms. The Balaban J connectivity index is 2.30. The second-order valence-corrected chi connectivity index (χ2v) is 5.68. The summed E-state index contributed by atoms with van der Waals surface area (Å²) in [5.74, 6) is -0.232. The minimum atomic E-state index is -3.70. The topological polar surface area (TPSA) is 58.5 Å². The first kappa shape index (κ1) is 14.2. The fourth-order valence-electron chi connectivity index (χ4n) is 1.63. The molecule has 0 fully saturated rings. The number of hydrogen-bond donors (Lipinski definition) is 1. The number of aliphatic imine (C=N–C) groups is 1. The van der Waals surface area contributed by atoms with Gasteiger partial charge in [0, 0.05) is 12.6 Å². The maximum absolute atomic E-state index is 12.9. The molecule has 0 amide bonds. The van der Waals surface area contributed by atoms with Crippen LogP contribution in [0.15, 0.2) is 64.5 Å². The Hall–Kier alpha value is -2.21. The molecule has 2 aromatic rings. The Bertz CT molecular complexity index is 711. The lowest BCUT2D eigenvalue weighted by Crippen LogP contribution is -2.31. The fourth-order valence-corrected chi connectivity index (χ4v) is 2.72. The van der Waals surface area contributed by atoms with E-state index in [2.05, 4.69) is 9.71 Å². The number of rotatable bonds is 3. The lowest BCUT2D eigenvalue weighted by Gasteiger charge is -2.10. The monoisotopic (exact) mass is 292 g/mol. The molecular weight excluding hydrogens is 279 g/mol. The molecule has 104 valence electrons. The molecule has 0 heterocycles. The maximum atomic E-state index is 12.9. The van der Waals surface area contributed by atoms with Crippen LogP contribution in [0.2, 0.25) is 0 Å². The highest BCUT2D eigenvalue weighted by Gasteiger charge is 2.16. The third-order valence-electron chi connectivity index (χ3n) is 2.63. The smallest absolute Gasteiger partial charge is 0.263 e. The van der Waals surface area contributed by atoms with Crippen LogP contribution in [0, 0.1) is 5.82 Å². The van der Waals surface area contributed by atoms with Crippen molar-refractivity contribution in [1.82, 2.24) is 4.72 Å². The summed E-state index contributed by atoms with van der Waals surface area (Å²) < 4.78 is 39.6. The Morgan fingerprint density at radius 2 is 1.65 bits per heavy atom. The van der Waals surface area contributed by atoms with E-state index in [1.165, 1.54) is 43.4 Å². The van der Waals surface area contributed by atoms with Crippen molar-refractivity contribution < 1.29 is 12.8 Å². The molecule has 0 saturated carbocycles. The highest BCUT2D eigenvalue weighted by atomic mass is 32.2. The first-order valence-electron chi connectivity index (χ1n) is 5.83. The molecule has 2 rings (SSSR count). The summed E-state index contributed by atoms with van der Waals surface area (Å²) in [7, 11) is -2.24. The summed E-state index contributed by atoms with van der Waals surface area (Å²) >= 11 is 0. The molecule has 0 unspecified atom stereocenters. The number of halogens is 1. The average Bonchev–Trinajstić information content (AvgIpc) is 2.47. The van der Waals surface area contributed by atoms with Crippen LogP contribution in [0.5, 0.6) is 0 Å². The quantitative estimate of drug-likeness (QED) is 0.696. The highest BCUT2D eigenvalue weighted by Crippen LogP contribution is 2.10. The van der Waals surface area contributed by atoms with Crippen molar-refractivity contribution in [3.63, 3.8) is 0 Å². The number of nitrogens with zero attached hydrogens (tertiary/aromatic N) is 1. The molecule has 2 aromatic carbocycles.